The van der Waals surface area contributed by atoms with E-state index in [4.69, 9.17) is 9.31 Å². The summed E-state index contributed by atoms with van der Waals surface area (Å²) in [4.78, 5) is 0. The monoisotopic (exact) mass is 308 g/mol. The Morgan fingerprint density at radius 2 is 1.81 bits per heavy atom. The molecule has 0 N–H and O–H groups in total. The molecule has 1 aromatic rings. The van der Waals surface area contributed by atoms with E-state index < -0.39 is 18.3 Å². The molecule has 0 unspecified atom stereocenters. The van der Waals surface area contributed by atoms with Crippen LogP contribution < -0.4 is 0 Å². The Hall–Kier alpha value is -0.775. The van der Waals surface area contributed by atoms with Crippen molar-refractivity contribution in [3.8, 4) is 0 Å². The number of hydrogen-bond donors (Lipinski definition) is 1. The molecule has 2 nitrogen and oxygen atoms in total. The van der Waals surface area contributed by atoms with E-state index in [-0.39, 0.29) is 5.82 Å². The van der Waals surface area contributed by atoms with E-state index in [9.17, 15) is 4.39 Å². The summed E-state index contributed by atoms with van der Waals surface area (Å²) in [6.07, 6.45) is 1.79. The summed E-state index contributed by atoms with van der Waals surface area (Å²) in [5.41, 5.74) is 1.45. The molecule has 2 rings (SSSR count). The van der Waals surface area contributed by atoms with Crippen LogP contribution in [0.15, 0.2) is 23.7 Å². The fraction of sp³-hybridized carbons (Fsp3) is 0.500. The van der Waals surface area contributed by atoms with Crippen molar-refractivity contribution in [2.24, 2.45) is 0 Å². The summed E-state index contributed by atoms with van der Waals surface area (Å²) in [5, 5.41) is 0. The van der Waals surface area contributed by atoms with Crippen LogP contribution in [0.2, 0.25) is 0 Å². The second-order valence-electron chi connectivity index (χ2n) is 6.44. The van der Waals surface area contributed by atoms with Crippen molar-refractivity contribution in [3.05, 3.63) is 40.6 Å². The average Bonchev–Trinajstić information content (AvgIpc) is 2.58. The predicted molar refractivity (Wildman–Crippen MR) is 89.0 cm³/mol. The molecule has 1 fully saturated rings. The highest BCUT2D eigenvalue weighted by Crippen LogP contribution is 2.39. The summed E-state index contributed by atoms with van der Waals surface area (Å²) in [6.45, 7) is 9.87. The number of rotatable bonds is 3. The molecule has 1 aliphatic heterocycles. The first-order valence-electron chi connectivity index (χ1n) is 7.10. The van der Waals surface area contributed by atoms with Crippen molar-refractivity contribution in [2.45, 2.75) is 45.8 Å². The van der Waals surface area contributed by atoms with Crippen molar-refractivity contribution < 1.29 is 13.7 Å². The van der Waals surface area contributed by atoms with Gasteiger partial charge in [-0.15, -0.1) is 0 Å². The van der Waals surface area contributed by atoms with E-state index in [2.05, 4.69) is 12.6 Å². The van der Waals surface area contributed by atoms with Crippen molar-refractivity contribution >= 4 is 25.8 Å². The Kier molecular flexibility index (Phi) is 4.57. The zero-order valence-corrected chi connectivity index (χ0v) is 14.1. The van der Waals surface area contributed by atoms with Crippen LogP contribution in [0.4, 0.5) is 4.39 Å². The van der Waals surface area contributed by atoms with Gasteiger partial charge in [0.2, 0.25) is 0 Å². The molecule has 1 aliphatic rings. The zero-order valence-electron chi connectivity index (χ0n) is 13.2. The van der Waals surface area contributed by atoms with Gasteiger partial charge in [0.05, 0.1) is 11.2 Å². The Labute approximate surface area is 132 Å². The van der Waals surface area contributed by atoms with Gasteiger partial charge < -0.3 is 9.31 Å². The fourth-order valence-electron chi connectivity index (χ4n) is 2.20. The fourth-order valence-corrected chi connectivity index (χ4v) is 2.44. The van der Waals surface area contributed by atoms with Gasteiger partial charge in [0, 0.05) is 11.3 Å². The maximum atomic E-state index is 14.0. The van der Waals surface area contributed by atoms with Crippen LogP contribution in [-0.2, 0) is 9.31 Å². The zero-order chi connectivity index (χ0) is 15.8. The summed E-state index contributed by atoms with van der Waals surface area (Å²) in [5.74, 6) is 0.204. The molecule has 0 radical (unpaired) electrons. The van der Waals surface area contributed by atoms with Gasteiger partial charge in [0.1, 0.15) is 5.82 Å². The van der Waals surface area contributed by atoms with Crippen LogP contribution in [-0.4, -0.2) is 24.1 Å². The molecule has 0 aliphatic carbocycles. The Bertz CT molecular complexity index is 533. The SMILES string of the molecule is Cc1cccc(F)c1C=C(CS)B1OC(C)(C)C(C)(C)O1. The molecule has 0 atom stereocenters. The third-order valence-electron chi connectivity index (χ3n) is 4.34. The van der Waals surface area contributed by atoms with Gasteiger partial charge in [-0.3, -0.25) is 0 Å². The molecule has 1 heterocycles. The summed E-state index contributed by atoms with van der Waals surface area (Å²) in [7, 11) is -0.494. The quantitative estimate of drug-likeness (QED) is 0.670. The van der Waals surface area contributed by atoms with E-state index in [1.54, 1.807) is 12.1 Å². The molecule has 0 spiro atoms. The third-order valence-corrected chi connectivity index (χ3v) is 4.70. The highest BCUT2D eigenvalue weighted by molar-refractivity contribution is 7.80. The van der Waals surface area contributed by atoms with Gasteiger partial charge >= 0.3 is 7.12 Å². The van der Waals surface area contributed by atoms with Crippen LogP contribution in [0.5, 0.6) is 0 Å². The number of benzene rings is 1. The van der Waals surface area contributed by atoms with E-state index in [0.717, 1.165) is 11.0 Å². The van der Waals surface area contributed by atoms with Crippen LogP contribution in [0.1, 0.15) is 38.8 Å². The molecule has 0 bridgehead atoms. The lowest BCUT2D eigenvalue weighted by atomic mass is 9.78. The van der Waals surface area contributed by atoms with Gasteiger partial charge in [-0.2, -0.15) is 12.6 Å². The van der Waals surface area contributed by atoms with Crippen LogP contribution >= 0.6 is 12.6 Å². The largest absolute Gasteiger partial charge is 0.491 e. The smallest absolute Gasteiger partial charge is 0.400 e. The molecule has 0 aromatic heterocycles. The highest BCUT2D eigenvalue weighted by atomic mass is 32.1. The maximum absolute atomic E-state index is 14.0. The van der Waals surface area contributed by atoms with Crippen molar-refractivity contribution in [3.63, 3.8) is 0 Å². The summed E-state index contributed by atoms with van der Waals surface area (Å²) in [6, 6.07) is 5.05. The van der Waals surface area contributed by atoms with Crippen molar-refractivity contribution in [1.29, 1.82) is 0 Å². The van der Waals surface area contributed by atoms with E-state index >= 15 is 0 Å². The van der Waals surface area contributed by atoms with Gasteiger partial charge in [0.15, 0.2) is 0 Å². The molecule has 1 saturated heterocycles. The predicted octanol–water partition coefficient (Wildman–Crippen LogP) is 4.08. The van der Waals surface area contributed by atoms with Gasteiger partial charge in [-0.25, -0.2) is 4.39 Å². The van der Waals surface area contributed by atoms with E-state index in [1.165, 1.54) is 6.07 Å². The van der Waals surface area contributed by atoms with Crippen LogP contribution in [0, 0.1) is 12.7 Å². The number of halogens is 1. The Balaban J connectivity index is 2.36. The summed E-state index contributed by atoms with van der Waals surface area (Å²) >= 11 is 4.35. The molecule has 21 heavy (non-hydrogen) atoms. The first kappa shape index (κ1) is 16.6. The molecule has 0 saturated carbocycles. The number of hydrogen-bond acceptors (Lipinski definition) is 3. The third kappa shape index (κ3) is 3.20. The lowest BCUT2D eigenvalue weighted by Gasteiger charge is -2.32. The minimum absolute atomic E-state index is 0.245. The van der Waals surface area contributed by atoms with Gasteiger partial charge in [-0.05, 0) is 51.7 Å². The van der Waals surface area contributed by atoms with E-state index in [0.29, 0.717) is 11.3 Å². The molecular weight excluding hydrogens is 286 g/mol. The minimum Gasteiger partial charge on any atom is -0.400 e. The lowest BCUT2D eigenvalue weighted by molar-refractivity contribution is 0.00578. The Morgan fingerprint density at radius 1 is 1.24 bits per heavy atom. The molecule has 5 heteroatoms. The number of aryl methyl sites for hydroxylation is 1. The van der Waals surface area contributed by atoms with Gasteiger partial charge in [-0.1, -0.05) is 18.2 Å². The standard InChI is InChI=1S/C16H22BFO2S/c1-11-7-6-8-14(18)13(11)9-12(10-21)17-19-15(2,3)16(4,5)20-17/h6-9,21H,10H2,1-5H3. The maximum Gasteiger partial charge on any atom is 0.491 e. The highest BCUT2D eigenvalue weighted by Gasteiger charge is 2.52. The van der Waals surface area contributed by atoms with Crippen LogP contribution in [0.3, 0.4) is 0 Å². The normalized spacial score (nSPS) is 20.9. The average molecular weight is 308 g/mol. The first-order valence-corrected chi connectivity index (χ1v) is 7.73. The van der Waals surface area contributed by atoms with E-state index in [1.807, 2.05) is 40.7 Å². The molecule has 0 amide bonds. The second kappa shape index (κ2) is 5.78. The lowest BCUT2D eigenvalue weighted by Crippen LogP contribution is -2.41. The van der Waals surface area contributed by atoms with Crippen molar-refractivity contribution in [2.75, 3.05) is 5.75 Å². The second-order valence-corrected chi connectivity index (χ2v) is 6.75. The van der Waals surface area contributed by atoms with Crippen molar-refractivity contribution in [1.82, 2.24) is 0 Å². The molecular formula is C16H22BFO2S. The summed E-state index contributed by atoms with van der Waals surface area (Å²) < 4.78 is 26.0. The Morgan fingerprint density at radius 3 is 2.29 bits per heavy atom. The molecule has 1 aromatic carbocycles. The first-order chi connectivity index (χ1) is 9.68. The van der Waals surface area contributed by atoms with Crippen LogP contribution in [0.25, 0.3) is 6.08 Å². The number of thiol groups is 1. The molecule has 114 valence electrons. The minimum atomic E-state index is -0.494. The topological polar surface area (TPSA) is 18.5 Å². The van der Waals surface area contributed by atoms with Gasteiger partial charge in [0.25, 0.3) is 0 Å².